The summed E-state index contributed by atoms with van der Waals surface area (Å²) < 4.78 is 10.9. The van der Waals surface area contributed by atoms with Crippen molar-refractivity contribution in [3.05, 3.63) is 46.5 Å². The average Bonchev–Trinajstić information content (AvgIpc) is 3.22. The van der Waals surface area contributed by atoms with Crippen LogP contribution < -0.4 is 5.32 Å². The lowest BCUT2D eigenvalue weighted by molar-refractivity contribution is 0.0118. The van der Waals surface area contributed by atoms with Gasteiger partial charge in [0.15, 0.2) is 0 Å². The second-order valence-corrected chi connectivity index (χ2v) is 5.81. The first-order chi connectivity index (χ1) is 10.3. The van der Waals surface area contributed by atoms with Gasteiger partial charge in [-0.25, -0.2) is 0 Å². The summed E-state index contributed by atoms with van der Waals surface area (Å²) in [5, 5.41) is 4.90. The molecular formula is C15H18N2O3S. The molecule has 1 aliphatic heterocycles. The van der Waals surface area contributed by atoms with Gasteiger partial charge in [-0.2, -0.15) is 0 Å². The molecule has 0 bridgehead atoms. The third-order valence-electron chi connectivity index (χ3n) is 3.56. The Hall–Kier alpha value is -1.63. The molecule has 112 valence electrons. The molecule has 1 unspecified atom stereocenters. The zero-order valence-corrected chi connectivity index (χ0v) is 12.5. The summed E-state index contributed by atoms with van der Waals surface area (Å²) in [6.07, 6.45) is 1.67. The van der Waals surface area contributed by atoms with Crippen LogP contribution >= 0.6 is 11.3 Å². The van der Waals surface area contributed by atoms with Gasteiger partial charge in [-0.1, -0.05) is 6.07 Å². The van der Waals surface area contributed by atoms with Gasteiger partial charge < -0.3 is 14.5 Å². The van der Waals surface area contributed by atoms with Gasteiger partial charge in [0.1, 0.15) is 5.76 Å². The number of hydrogen-bond acceptors (Lipinski definition) is 5. The van der Waals surface area contributed by atoms with E-state index in [1.54, 1.807) is 6.26 Å². The quantitative estimate of drug-likeness (QED) is 0.919. The van der Waals surface area contributed by atoms with Crippen LogP contribution in [0.3, 0.4) is 0 Å². The summed E-state index contributed by atoms with van der Waals surface area (Å²) in [5.74, 6) is 0.846. The van der Waals surface area contributed by atoms with Crippen molar-refractivity contribution in [1.29, 1.82) is 0 Å². The van der Waals surface area contributed by atoms with Crippen molar-refractivity contribution in [2.24, 2.45) is 0 Å². The van der Waals surface area contributed by atoms with E-state index in [1.165, 1.54) is 11.3 Å². The van der Waals surface area contributed by atoms with Crippen molar-refractivity contribution in [3.8, 4) is 0 Å². The van der Waals surface area contributed by atoms with Crippen LogP contribution in [0.1, 0.15) is 21.5 Å². The Morgan fingerprint density at radius 2 is 2.19 bits per heavy atom. The minimum atomic E-state index is -0.0326. The molecule has 5 nitrogen and oxygen atoms in total. The highest BCUT2D eigenvalue weighted by Gasteiger charge is 2.25. The molecule has 1 aliphatic rings. The van der Waals surface area contributed by atoms with E-state index in [1.807, 2.05) is 29.6 Å². The monoisotopic (exact) mass is 306 g/mol. The molecule has 6 heteroatoms. The topological polar surface area (TPSA) is 54.7 Å². The number of nitrogens with one attached hydrogen (secondary N) is 1. The number of rotatable bonds is 5. The predicted octanol–water partition coefficient (Wildman–Crippen LogP) is 2.14. The molecule has 2 aromatic rings. The van der Waals surface area contributed by atoms with E-state index >= 15 is 0 Å². The van der Waals surface area contributed by atoms with Crippen molar-refractivity contribution >= 4 is 17.2 Å². The fraction of sp³-hybridized carbons (Fsp3) is 0.400. The van der Waals surface area contributed by atoms with E-state index in [9.17, 15) is 4.79 Å². The molecule has 1 N–H and O–H groups in total. The highest BCUT2D eigenvalue weighted by Crippen LogP contribution is 2.22. The van der Waals surface area contributed by atoms with E-state index in [-0.39, 0.29) is 11.9 Å². The molecule has 0 aromatic carbocycles. The van der Waals surface area contributed by atoms with E-state index in [2.05, 4.69) is 10.2 Å². The lowest BCUT2D eigenvalue weighted by Crippen LogP contribution is -2.43. The fourth-order valence-corrected chi connectivity index (χ4v) is 3.10. The maximum atomic E-state index is 12.1. The molecule has 1 atom stereocenters. The first kappa shape index (κ1) is 14.3. The number of hydrogen-bond donors (Lipinski definition) is 1. The van der Waals surface area contributed by atoms with Crippen LogP contribution in [0.4, 0.5) is 0 Å². The minimum Gasteiger partial charge on any atom is -0.468 e. The Bertz CT molecular complexity index is 548. The van der Waals surface area contributed by atoms with Gasteiger partial charge in [-0.3, -0.25) is 9.69 Å². The SMILES string of the molecule is O=C(NCC(c1ccco1)N1CCOCC1)c1cccs1. The molecule has 1 amide bonds. The smallest absolute Gasteiger partial charge is 0.261 e. The Morgan fingerprint density at radius 3 is 2.86 bits per heavy atom. The molecule has 0 spiro atoms. The molecule has 2 aromatic heterocycles. The van der Waals surface area contributed by atoms with Gasteiger partial charge in [0.05, 0.1) is 30.4 Å². The van der Waals surface area contributed by atoms with Crippen molar-refractivity contribution in [2.45, 2.75) is 6.04 Å². The second-order valence-electron chi connectivity index (χ2n) is 4.87. The fourth-order valence-electron chi connectivity index (χ4n) is 2.46. The van der Waals surface area contributed by atoms with Crippen molar-refractivity contribution in [2.75, 3.05) is 32.8 Å². The molecule has 3 heterocycles. The Balaban J connectivity index is 1.66. The number of carbonyl (C=O) groups is 1. The van der Waals surface area contributed by atoms with Gasteiger partial charge in [0.25, 0.3) is 5.91 Å². The molecule has 3 rings (SSSR count). The number of amides is 1. The summed E-state index contributed by atoms with van der Waals surface area (Å²) in [7, 11) is 0. The summed E-state index contributed by atoms with van der Waals surface area (Å²) in [6, 6.07) is 7.59. The normalized spacial score (nSPS) is 17.5. The summed E-state index contributed by atoms with van der Waals surface area (Å²) >= 11 is 1.45. The number of ether oxygens (including phenoxy) is 1. The van der Waals surface area contributed by atoms with Gasteiger partial charge in [0.2, 0.25) is 0 Å². The lowest BCUT2D eigenvalue weighted by Gasteiger charge is -2.33. The van der Waals surface area contributed by atoms with Crippen molar-refractivity contribution in [3.63, 3.8) is 0 Å². The summed E-state index contributed by atoms with van der Waals surface area (Å²) in [6.45, 7) is 3.66. The Morgan fingerprint density at radius 1 is 1.33 bits per heavy atom. The zero-order chi connectivity index (χ0) is 14.5. The van der Waals surface area contributed by atoms with Crippen molar-refractivity contribution < 1.29 is 13.9 Å². The van der Waals surface area contributed by atoms with Gasteiger partial charge in [-0.15, -0.1) is 11.3 Å². The number of carbonyl (C=O) groups excluding carboxylic acids is 1. The molecule has 1 fully saturated rings. The maximum Gasteiger partial charge on any atom is 0.261 e. The molecule has 1 saturated heterocycles. The van der Waals surface area contributed by atoms with Crippen LogP contribution in [-0.4, -0.2) is 43.7 Å². The molecular weight excluding hydrogens is 288 g/mol. The standard InChI is InChI=1S/C15H18N2O3S/c18-15(14-4-2-10-21-14)16-11-12(13-3-1-7-20-13)17-5-8-19-9-6-17/h1-4,7,10,12H,5-6,8-9,11H2,(H,16,18). The van der Waals surface area contributed by atoms with Crippen molar-refractivity contribution in [1.82, 2.24) is 10.2 Å². The third kappa shape index (κ3) is 3.53. The number of morpholine rings is 1. The lowest BCUT2D eigenvalue weighted by atomic mass is 10.1. The second kappa shape index (κ2) is 6.89. The molecule has 0 saturated carbocycles. The first-order valence-corrected chi connectivity index (χ1v) is 7.89. The Labute approximate surface area is 127 Å². The highest BCUT2D eigenvalue weighted by molar-refractivity contribution is 7.12. The third-order valence-corrected chi connectivity index (χ3v) is 4.43. The average molecular weight is 306 g/mol. The van der Waals surface area contributed by atoms with E-state index < -0.39 is 0 Å². The first-order valence-electron chi connectivity index (χ1n) is 7.01. The van der Waals surface area contributed by atoms with E-state index in [0.717, 1.165) is 36.9 Å². The number of furan rings is 1. The predicted molar refractivity (Wildman–Crippen MR) is 80.5 cm³/mol. The van der Waals surface area contributed by atoms with Crippen LogP contribution in [0.5, 0.6) is 0 Å². The van der Waals surface area contributed by atoms with E-state index in [0.29, 0.717) is 6.54 Å². The molecule has 0 radical (unpaired) electrons. The molecule has 0 aliphatic carbocycles. The maximum absolute atomic E-state index is 12.1. The number of nitrogens with zero attached hydrogens (tertiary/aromatic N) is 1. The minimum absolute atomic E-state index is 0.0326. The summed E-state index contributed by atoms with van der Waals surface area (Å²) in [4.78, 5) is 15.1. The van der Waals surface area contributed by atoms with Gasteiger partial charge in [-0.05, 0) is 23.6 Å². The van der Waals surface area contributed by atoms with Crippen LogP contribution in [-0.2, 0) is 4.74 Å². The van der Waals surface area contributed by atoms with Crippen LogP contribution in [0.15, 0.2) is 40.3 Å². The van der Waals surface area contributed by atoms with E-state index in [4.69, 9.17) is 9.15 Å². The number of thiophene rings is 1. The summed E-state index contributed by atoms with van der Waals surface area (Å²) in [5.41, 5.74) is 0. The van der Waals surface area contributed by atoms with Crippen LogP contribution in [0.25, 0.3) is 0 Å². The largest absolute Gasteiger partial charge is 0.468 e. The Kier molecular flexibility index (Phi) is 4.69. The highest BCUT2D eigenvalue weighted by atomic mass is 32.1. The molecule has 21 heavy (non-hydrogen) atoms. The zero-order valence-electron chi connectivity index (χ0n) is 11.7. The van der Waals surface area contributed by atoms with Gasteiger partial charge >= 0.3 is 0 Å². The van der Waals surface area contributed by atoms with Gasteiger partial charge in [0, 0.05) is 19.6 Å². The van der Waals surface area contributed by atoms with Crippen LogP contribution in [0, 0.1) is 0 Å². The van der Waals surface area contributed by atoms with Crippen LogP contribution in [0.2, 0.25) is 0 Å².